The van der Waals surface area contributed by atoms with Gasteiger partial charge in [0.05, 0.1) is 0 Å². The largest absolute Gasteiger partial charge is 0.437 e. The van der Waals surface area contributed by atoms with E-state index < -0.39 is 33.8 Å². The van der Waals surface area contributed by atoms with Gasteiger partial charge in [-0.15, -0.1) is 0 Å². The summed E-state index contributed by atoms with van der Waals surface area (Å²) in [6.45, 7) is 22.2. The summed E-state index contributed by atoms with van der Waals surface area (Å²) in [6.07, 6.45) is 0. The Bertz CT molecular complexity index is 278. The Morgan fingerprint density at radius 2 is 0.947 bits per heavy atom. The molecule has 0 aliphatic rings. The van der Waals surface area contributed by atoms with Gasteiger partial charge in [0.2, 0.25) is 0 Å². The second-order valence-electron chi connectivity index (χ2n) is 7.55. The lowest BCUT2D eigenvalue weighted by Gasteiger charge is -2.42. The average Bonchev–Trinajstić information content (AvgIpc) is 2.09. The van der Waals surface area contributed by atoms with E-state index in [1.54, 1.807) is 0 Å². The molecule has 19 heavy (non-hydrogen) atoms. The lowest BCUT2D eigenvalue weighted by Crippen LogP contribution is -2.57. The number of hydrogen-bond donors (Lipinski definition) is 0. The first-order valence-corrected chi connectivity index (χ1v) is 19.2. The SMILES string of the molecule is CC[Si](CC)(O[Si](C)(C)C)O[Si](C)(C)O[Si](C)(C)C. The van der Waals surface area contributed by atoms with Gasteiger partial charge in [-0.2, -0.15) is 0 Å². The molecule has 0 aromatic carbocycles. The van der Waals surface area contributed by atoms with Crippen LogP contribution >= 0.6 is 0 Å². The average molecular weight is 339 g/mol. The molecule has 0 aliphatic carbocycles. The van der Waals surface area contributed by atoms with Crippen LogP contribution < -0.4 is 0 Å². The summed E-state index contributed by atoms with van der Waals surface area (Å²) in [5, 5.41) is 0. The van der Waals surface area contributed by atoms with Gasteiger partial charge >= 0.3 is 17.1 Å². The van der Waals surface area contributed by atoms with Crippen molar-refractivity contribution in [1.29, 1.82) is 0 Å². The highest BCUT2D eigenvalue weighted by molar-refractivity contribution is 6.89. The molecule has 0 saturated carbocycles. The van der Waals surface area contributed by atoms with Crippen LogP contribution in [0.2, 0.25) is 64.5 Å². The third-order valence-corrected chi connectivity index (χ3v) is 16.5. The molecular formula is C12H34O3Si4. The molecule has 116 valence electrons. The van der Waals surface area contributed by atoms with Crippen LogP contribution in [-0.4, -0.2) is 33.8 Å². The number of rotatable bonds is 8. The molecule has 0 N–H and O–H groups in total. The van der Waals surface area contributed by atoms with E-state index in [1.807, 2.05) is 0 Å². The van der Waals surface area contributed by atoms with Gasteiger partial charge in [-0.1, -0.05) is 13.8 Å². The van der Waals surface area contributed by atoms with E-state index >= 15 is 0 Å². The van der Waals surface area contributed by atoms with Gasteiger partial charge in [-0.25, -0.2) is 0 Å². The maximum absolute atomic E-state index is 6.58. The van der Waals surface area contributed by atoms with E-state index in [0.29, 0.717) is 0 Å². The summed E-state index contributed by atoms with van der Waals surface area (Å²) in [7, 11) is -7.33. The Labute approximate surface area is 124 Å². The van der Waals surface area contributed by atoms with Gasteiger partial charge in [-0.3, -0.25) is 0 Å². The summed E-state index contributed by atoms with van der Waals surface area (Å²) in [6, 6.07) is 2.03. The quantitative estimate of drug-likeness (QED) is 0.590. The van der Waals surface area contributed by atoms with Crippen LogP contribution in [0.15, 0.2) is 0 Å². The first kappa shape index (κ1) is 19.7. The van der Waals surface area contributed by atoms with Gasteiger partial charge in [-0.05, 0) is 64.5 Å². The fraction of sp³-hybridized carbons (Fsp3) is 1.00. The van der Waals surface area contributed by atoms with Crippen molar-refractivity contribution in [2.24, 2.45) is 0 Å². The van der Waals surface area contributed by atoms with Crippen LogP contribution in [-0.2, 0) is 12.3 Å². The van der Waals surface area contributed by atoms with Crippen LogP contribution in [0.4, 0.5) is 0 Å². The zero-order valence-electron chi connectivity index (χ0n) is 14.6. The van der Waals surface area contributed by atoms with Gasteiger partial charge in [0.15, 0.2) is 16.6 Å². The van der Waals surface area contributed by atoms with Crippen molar-refractivity contribution in [1.82, 2.24) is 0 Å². The molecule has 0 fully saturated rings. The van der Waals surface area contributed by atoms with Gasteiger partial charge < -0.3 is 12.3 Å². The van der Waals surface area contributed by atoms with Crippen LogP contribution in [0.5, 0.6) is 0 Å². The lowest BCUT2D eigenvalue weighted by atomic mass is 10.9. The highest BCUT2D eigenvalue weighted by Crippen LogP contribution is 2.29. The standard InChI is InChI=1S/C12H34O3Si4/c1-11-19(12-2,14-17(6,7)8)15-18(9,10)13-16(3,4)5/h11-12H2,1-10H3. The summed E-state index contributed by atoms with van der Waals surface area (Å²) in [5.74, 6) is 0. The monoisotopic (exact) mass is 338 g/mol. The molecule has 0 bridgehead atoms. The summed E-state index contributed by atoms with van der Waals surface area (Å²) in [4.78, 5) is 0. The zero-order valence-corrected chi connectivity index (χ0v) is 18.6. The zero-order chi connectivity index (χ0) is 15.5. The minimum atomic E-state index is -2.10. The highest BCUT2D eigenvalue weighted by atomic mass is 28.5. The summed E-state index contributed by atoms with van der Waals surface area (Å²) < 4.78 is 19.4. The molecule has 0 aromatic rings. The molecule has 0 rings (SSSR count). The van der Waals surface area contributed by atoms with Crippen molar-refractivity contribution in [3.05, 3.63) is 0 Å². The van der Waals surface area contributed by atoms with Crippen molar-refractivity contribution in [3.8, 4) is 0 Å². The van der Waals surface area contributed by atoms with E-state index in [1.165, 1.54) is 0 Å². The highest BCUT2D eigenvalue weighted by Gasteiger charge is 2.45. The Morgan fingerprint density at radius 3 is 1.21 bits per heavy atom. The molecule has 0 amide bonds. The topological polar surface area (TPSA) is 27.7 Å². The molecule has 0 heterocycles. The Balaban J connectivity index is 5.02. The van der Waals surface area contributed by atoms with Gasteiger partial charge in [0, 0.05) is 0 Å². The van der Waals surface area contributed by atoms with Crippen LogP contribution in [0.3, 0.4) is 0 Å². The molecule has 0 aliphatic heterocycles. The van der Waals surface area contributed by atoms with E-state index in [0.717, 1.165) is 12.1 Å². The molecule has 7 heteroatoms. The first-order chi connectivity index (χ1) is 8.24. The maximum Gasteiger partial charge on any atom is 0.318 e. The third-order valence-electron chi connectivity index (χ3n) is 2.55. The lowest BCUT2D eigenvalue weighted by molar-refractivity contribution is 0.319. The fourth-order valence-electron chi connectivity index (χ4n) is 2.32. The first-order valence-electron chi connectivity index (χ1n) is 7.35. The molecular weight excluding hydrogens is 304 g/mol. The van der Waals surface area contributed by atoms with Crippen LogP contribution in [0.1, 0.15) is 13.8 Å². The Hall–Kier alpha value is 0.748. The predicted octanol–water partition coefficient (Wildman–Crippen LogP) is 4.89. The summed E-state index contributed by atoms with van der Waals surface area (Å²) >= 11 is 0. The Morgan fingerprint density at radius 1 is 0.579 bits per heavy atom. The maximum atomic E-state index is 6.58. The van der Waals surface area contributed by atoms with Crippen LogP contribution in [0, 0.1) is 0 Å². The second kappa shape index (κ2) is 6.67. The second-order valence-corrected chi connectivity index (χ2v) is 24.5. The minimum absolute atomic E-state index is 1.01. The third kappa shape index (κ3) is 8.59. The van der Waals surface area contributed by atoms with E-state index in [9.17, 15) is 0 Å². The molecule has 0 spiro atoms. The molecule has 0 saturated heterocycles. The Kier molecular flexibility index (Phi) is 6.94. The van der Waals surface area contributed by atoms with E-state index in [2.05, 4.69) is 66.2 Å². The minimum Gasteiger partial charge on any atom is -0.437 e. The smallest absolute Gasteiger partial charge is 0.318 e. The van der Waals surface area contributed by atoms with Gasteiger partial charge in [0.1, 0.15) is 0 Å². The summed E-state index contributed by atoms with van der Waals surface area (Å²) in [5.41, 5.74) is 0. The van der Waals surface area contributed by atoms with Crippen molar-refractivity contribution in [2.45, 2.75) is 78.3 Å². The predicted molar refractivity (Wildman–Crippen MR) is 94.1 cm³/mol. The molecule has 0 radical (unpaired) electrons. The molecule has 0 unspecified atom stereocenters. The van der Waals surface area contributed by atoms with E-state index in [-0.39, 0.29) is 0 Å². The molecule has 0 aromatic heterocycles. The normalized spacial score (nSPS) is 14.8. The van der Waals surface area contributed by atoms with Crippen molar-refractivity contribution < 1.29 is 12.3 Å². The fourth-order valence-corrected chi connectivity index (χ4v) is 20.2. The molecule has 3 nitrogen and oxygen atoms in total. The molecule has 0 atom stereocenters. The van der Waals surface area contributed by atoms with Crippen molar-refractivity contribution in [2.75, 3.05) is 0 Å². The van der Waals surface area contributed by atoms with Crippen LogP contribution in [0.25, 0.3) is 0 Å². The van der Waals surface area contributed by atoms with Crippen molar-refractivity contribution in [3.63, 3.8) is 0 Å². The van der Waals surface area contributed by atoms with Gasteiger partial charge in [0.25, 0.3) is 0 Å². The van der Waals surface area contributed by atoms with Crippen molar-refractivity contribution >= 4 is 33.8 Å². The van der Waals surface area contributed by atoms with E-state index in [4.69, 9.17) is 12.3 Å². The number of hydrogen-bond acceptors (Lipinski definition) is 3.